The minimum absolute atomic E-state index is 0.388. The predicted octanol–water partition coefficient (Wildman–Crippen LogP) is 11.0. The molecule has 0 aliphatic carbocycles. The molecule has 1 unspecified atom stereocenters. The average Bonchev–Trinajstić information content (AvgIpc) is 3.44. The zero-order chi connectivity index (χ0) is 27.1. The third-order valence-electron chi connectivity index (χ3n) is 6.38. The normalized spacial score (nSPS) is 13.2. The molecule has 2 aromatic carbocycles. The van der Waals surface area contributed by atoms with Gasteiger partial charge in [0.2, 0.25) is 5.13 Å². The number of rotatable bonds is 11. The first-order valence-corrected chi connectivity index (χ1v) is 15.0. The number of aryl methyl sites for hydroxylation is 1. The summed E-state index contributed by atoms with van der Waals surface area (Å²) in [5.41, 5.74) is 4.62. The average molecular weight is 547 g/mol. The zero-order valence-electron chi connectivity index (χ0n) is 23.3. The number of thiophene rings is 1. The van der Waals surface area contributed by atoms with Gasteiger partial charge < -0.3 is 4.90 Å². The van der Waals surface area contributed by atoms with Gasteiger partial charge in [-0.3, -0.25) is 0 Å². The Bertz CT molecular complexity index is 1330. The molecule has 0 saturated heterocycles. The Labute approximate surface area is 234 Å². The summed E-state index contributed by atoms with van der Waals surface area (Å²) < 4.78 is 1.05. The number of thiazole rings is 1. The Morgan fingerprint density at radius 2 is 1.47 bits per heavy atom. The van der Waals surface area contributed by atoms with E-state index in [1.165, 1.54) is 46.8 Å². The molecule has 8 heteroatoms. The second kappa shape index (κ2) is 12.7. The van der Waals surface area contributed by atoms with Gasteiger partial charge in [-0.25, -0.2) is 4.98 Å². The smallest absolute Gasteiger partial charge is 0.231 e. The van der Waals surface area contributed by atoms with Crippen LogP contribution in [0.3, 0.4) is 0 Å². The van der Waals surface area contributed by atoms with Gasteiger partial charge in [-0.15, -0.1) is 20.5 Å². The summed E-state index contributed by atoms with van der Waals surface area (Å²) in [6.45, 7) is 15.6. The van der Waals surface area contributed by atoms with Crippen LogP contribution in [0.2, 0.25) is 0 Å². The number of benzene rings is 2. The summed E-state index contributed by atoms with van der Waals surface area (Å²) in [6, 6.07) is 18.6. The lowest BCUT2D eigenvalue weighted by molar-refractivity contribution is 0.297. The molecule has 0 amide bonds. The Balaban J connectivity index is 1.32. The first kappa shape index (κ1) is 28.0. The van der Waals surface area contributed by atoms with Gasteiger partial charge >= 0.3 is 0 Å². The van der Waals surface area contributed by atoms with Crippen molar-refractivity contribution in [3.63, 3.8) is 0 Å². The van der Waals surface area contributed by atoms with Crippen LogP contribution in [0, 0.1) is 11.3 Å². The molecule has 0 N–H and O–H groups in total. The number of azo groups is 2. The van der Waals surface area contributed by atoms with Crippen molar-refractivity contribution in [3.05, 3.63) is 60.2 Å². The number of aromatic nitrogens is 1. The van der Waals surface area contributed by atoms with E-state index < -0.39 is 0 Å². The summed E-state index contributed by atoms with van der Waals surface area (Å²) in [4.78, 5) is 7.82. The Morgan fingerprint density at radius 3 is 2.08 bits per heavy atom. The van der Waals surface area contributed by atoms with Crippen LogP contribution in [-0.2, 0) is 6.42 Å². The molecule has 2 heterocycles. The van der Waals surface area contributed by atoms with Crippen molar-refractivity contribution in [1.29, 1.82) is 0 Å². The van der Waals surface area contributed by atoms with E-state index >= 15 is 0 Å². The van der Waals surface area contributed by atoms with Gasteiger partial charge in [0.1, 0.15) is 9.83 Å². The molecule has 0 radical (unpaired) electrons. The summed E-state index contributed by atoms with van der Waals surface area (Å²) in [5, 5.41) is 19.1. The van der Waals surface area contributed by atoms with E-state index in [0.29, 0.717) is 10.5 Å². The number of fused-ring (bicyclic) bond motifs is 1. The van der Waals surface area contributed by atoms with Crippen LogP contribution in [0.1, 0.15) is 59.9 Å². The topological polar surface area (TPSA) is 65.6 Å². The van der Waals surface area contributed by atoms with Crippen LogP contribution < -0.4 is 4.90 Å². The molecule has 200 valence electrons. The fourth-order valence-corrected chi connectivity index (χ4v) is 6.47. The lowest BCUT2D eigenvalue weighted by atomic mass is 9.83. The molecular weight excluding hydrogens is 509 g/mol. The lowest BCUT2D eigenvalue weighted by Crippen LogP contribution is -2.21. The van der Waals surface area contributed by atoms with Crippen molar-refractivity contribution in [1.82, 2.24) is 4.98 Å². The fraction of sp³-hybridized carbons (Fsp3) is 0.433. The molecule has 0 fully saturated rings. The number of nitrogens with zero attached hydrogens (tertiary/aromatic N) is 6. The second-order valence-electron chi connectivity index (χ2n) is 10.9. The molecule has 0 bridgehead atoms. The highest BCUT2D eigenvalue weighted by Gasteiger charge is 2.15. The van der Waals surface area contributed by atoms with Crippen molar-refractivity contribution >= 4 is 59.4 Å². The summed E-state index contributed by atoms with van der Waals surface area (Å²) in [5.74, 6) is 0.724. The fourth-order valence-electron chi connectivity index (χ4n) is 4.62. The highest BCUT2D eigenvalue weighted by atomic mass is 32.1. The van der Waals surface area contributed by atoms with Gasteiger partial charge in [-0.2, -0.15) is 0 Å². The van der Waals surface area contributed by atoms with Crippen molar-refractivity contribution in [2.24, 2.45) is 31.8 Å². The van der Waals surface area contributed by atoms with Crippen LogP contribution in [0.5, 0.6) is 0 Å². The van der Waals surface area contributed by atoms with E-state index in [2.05, 4.69) is 108 Å². The van der Waals surface area contributed by atoms with Crippen LogP contribution in [0.4, 0.5) is 27.2 Å². The van der Waals surface area contributed by atoms with E-state index in [-0.39, 0.29) is 0 Å². The van der Waals surface area contributed by atoms with Crippen LogP contribution >= 0.6 is 22.7 Å². The van der Waals surface area contributed by atoms with Gasteiger partial charge in [0, 0.05) is 18.8 Å². The lowest BCUT2D eigenvalue weighted by Gasteiger charge is -2.23. The SMILES string of the molecule is CCN(CC)c1ccc(/N=N/c2nc3sc(/N=N/c4ccc(CCC(C)CC(C)(C)C)cc4)cc3s2)cc1. The summed E-state index contributed by atoms with van der Waals surface area (Å²) in [7, 11) is 0. The van der Waals surface area contributed by atoms with Crippen LogP contribution in [0.25, 0.3) is 9.53 Å². The van der Waals surface area contributed by atoms with E-state index in [1.807, 2.05) is 18.2 Å². The standard InChI is InChI=1S/C30H38N6S2/c1-7-36(8-2)25-17-15-24(16-18-25)33-35-29-31-28-26(37-29)19-27(38-28)34-32-23-13-11-22(12-14-23)10-9-21(3)20-30(4,5)6/h11-19,21H,7-10,20H2,1-6H3/b34-32+,35-33+. The van der Waals surface area contributed by atoms with Gasteiger partial charge in [0.25, 0.3) is 0 Å². The molecule has 4 rings (SSSR count). The molecule has 6 nitrogen and oxygen atoms in total. The maximum Gasteiger partial charge on any atom is 0.231 e. The molecule has 38 heavy (non-hydrogen) atoms. The van der Waals surface area contributed by atoms with Crippen molar-refractivity contribution < 1.29 is 0 Å². The van der Waals surface area contributed by atoms with Crippen molar-refractivity contribution in [2.75, 3.05) is 18.0 Å². The van der Waals surface area contributed by atoms with Gasteiger partial charge in [-0.1, -0.05) is 62.5 Å². The second-order valence-corrected chi connectivity index (χ2v) is 12.9. The summed E-state index contributed by atoms with van der Waals surface area (Å²) >= 11 is 3.04. The monoisotopic (exact) mass is 546 g/mol. The molecule has 0 aliphatic rings. The summed E-state index contributed by atoms with van der Waals surface area (Å²) in [6.07, 6.45) is 3.56. The third-order valence-corrected chi connectivity index (χ3v) is 8.31. The number of hydrogen-bond acceptors (Lipinski definition) is 8. The minimum Gasteiger partial charge on any atom is -0.372 e. The highest BCUT2D eigenvalue weighted by molar-refractivity contribution is 7.30. The van der Waals surface area contributed by atoms with E-state index in [9.17, 15) is 0 Å². The van der Waals surface area contributed by atoms with Gasteiger partial charge in [0.05, 0.1) is 16.1 Å². The molecule has 0 spiro atoms. The Kier molecular flexibility index (Phi) is 9.39. The van der Waals surface area contributed by atoms with Crippen LogP contribution in [0.15, 0.2) is 75.1 Å². The van der Waals surface area contributed by atoms with Gasteiger partial charge in [0.15, 0.2) is 0 Å². The maximum atomic E-state index is 4.61. The van der Waals surface area contributed by atoms with Crippen LogP contribution in [-0.4, -0.2) is 18.1 Å². The molecule has 4 aromatic rings. The quantitative estimate of drug-likeness (QED) is 0.176. The molecule has 1 atom stereocenters. The van der Waals surface area contributed by atoms with E-state index in [4.69, 9.17) is 0 Å². The number of hydrogen-bond donors (Lipinski definition) is 0. The minimum atomic E-state index is 0.388. The van der Waals surface area contributed by atoms with Crippen molar-refractivity contribution in [2.45, 2.75) is 60.8 Å². The Morgan fingerprint density at radius 1 is 0.842 bits per heavy atom. The largest absolute Gasteiger partial charge is 0.372 e. The third kappa shape index (κ3) is 8.01. The van der Waals surface area contributed by atoms with E-state index in [1.54, 1.807) is 0 Å². The Hall–Kier alpha value is -2.97. The molecular formula is C30H38N6S2. The van der Waals surface area contributed by atoms with Crippen molar-refractivity contribution in [3.8, 4) is 0 Å². The zero-order valence-corrected chi connectivity index (χ0v) is 24.9. The first-order valence-electron chi connectivity index (χ1n) is 13.4. The van der Waals surface area contributed by atoms with E-state index in [0.717, 1.165) is 51.3 Å². The molecule has 0 saturated carbocycles. The maximum absolute atomic E-state index is 4.61. The highest BCUT2D eigenvalue weighted by Crippen LogP contribution is 2.39. The predicted molar refractivity (Wildman–Crippen MR) is 164 cm³/mol. The molecule has 0 aliphatic heterocycles. The number of anilines is 1. The van der Waals surface area contributed by atoms with Gasteiger partial charge in [-0.05, 0) is 92.5 Å². The molecule has 2 aromatic heterocycles. The first-order chi connectivity index (χ1) is 18.2.